The number of carboxylic acids is 2. The zero-order valence-corrected chi connectivity index (χ0v) is 18.6. The van der Waals surface area contributed by atoms with E-state index in [1.165, 1.54) is 70.4 Å². The van der Waals surface area contributed by atoms with Gasteiger partial charge in [0.25, 0.3) is 0 Å². The van der Waals surface area contributed by atoms with Crippen molar-refractivity contribution >= 4 is 18.2 Å². The van der Waals surface area contributed by atoms with Gasteiger partial charge in [0.05, 0.1) is 6.42 Å². The van der Waals surface area contributed by atoms with E-state index in [4.69, 9.17) is 10.2 Å². The summed E-state index contributed by atoms with van der Waals surface area (Å²) in [7, 11) is 0. The average Bonchev–Trinajstić information content (AvgIpc) is 2.55. The maximum atomic E-state index is 10.2. The van der Waals surface area contributed by atoms with Gasteiger partial charge in [0.15, 0.2) is 0 Å². The molecule has 0 aromatic rings. The molecule has 0 amide bonds. The van der Waals surface area contributed by atoms with Gasteiger partial charge in [-0.05, 0) is 6.42 Å². The molecule has 0 aliphatic heterocycles. The van der Waals surface area contributed by atoms with Crippen molar-refractivity contribution in [1.29, 1.82) is 0 Å². The first-order chi connectivity index (χ1) is 11.5. The van der Waals surface area contributed by atoms with Crippen LogP contribution < -0.4 is 29.6 Å². The molecule has 6 heteroatoms. The number of aliphatic carboxylic acids is 2. The molecule has 0 heterocycles. The van der Waals surface area contributed by atoms with E-state index in [2.05, 4.69) is 11.9 Å². The first kappa shape index (κ1) is 29.4. The van der Waals surface area contributed by atoms with Gasteiger partial charge >= 0.3 is 41.5 Å². The average molecular weight is 368 g/mol. The van der Waals surface area contributed by atoms with E-state index in [0.29, 0.717) is 0 Å². The molecule has 0 unspecified atom stereocenters. The normalized spacial score (nSPS) is 10.0. The molecule has 0 saturated carbocycles. The molecule has 0 saturated heterocycles. The van der Waals surface area contributed by atoms with Crippen molar-refractivity contribution in [1.82, 2.24) is 0 Å². The summed E-state index contributed by atoms with van der Waals surface area (Å²) >= 11 is 0. The van der Waals surface area contributed by atoms with E-state index in [1.54, 1.807) is 6.92 Å². The summed E-state index contributed by atoms with van der Waals surface area (Å²) in [6, 6.07) is 0. The third-order valence-corrected chi connectivity index (χ3v) is 3.59. The van der Waals surface area contributed by atoms with Crippen LogP contribution in [0.5, 0.6) is 0 Å². The summed E-state index contributed by atoms with van der Waals surface area (Å²) in [5.74, 6) is -1.55. The van der Waals surface area contributed by atoms with Crippen LogP contribution in [0.4, 0.5) is 0 Å². The number of nitrogens with zero attached hydrogens (tertiary/aromatic N) is 1. The van der Waals surface area contributed by atoms with E-state index in [0.717, 1.165) is 13.0 Å². The second-order valence-electron chi connectivity index (χ2n) is 5.97. The van der Waals surface area contributed by atoms with Crippen LogP contribution in [0.3, 0.4) is 0 Å². The number of carbonyl (C=O) groups is 2. The van der Waals surface area contributed by atoms with Gasteiger partial charge in [0, 0.05) is 19.2 Å². The molecule has 0 aliphatic rings. The maximum Gasteiger partial charge on any atom is 1.00 e. The first-order valence-electron chi connectivity index (χ1n) is 9.46. The zero-order valence-electron chi connectivity index (χ0n) is 17.6. The van der Waals surface area contributed by atoms with Gasteiger partial charge in [0.1, 0.15) is 0 Å². The Balaban J connectivity index is -0.000000304. The van der Waals surface area contributed by atoms with Crippen molar-refractivity contribution in [2.24, 2.45) is 4.99 Å². The molecule has 0 rings (SSSR count). The van der Waals surface area contributed by atoms with Crippen LogP contribution in [0, 0.1) is 0 Å². The molecule has 0 fully saturated rings. The van der Waals surface area contributed by atoms with Gasteiger partial charge in [-0.15, -0.1) is 0 Å². The molecule has 0 aromatic carbocycles. The number of hydrogen-bond acceptors (Lipinski definition) is 3. The van der Waals surface area contributed by atoms with E-state index in [1.807, 2.05) is 0 Å². The molecule has 0 atom stereocenters. The minimum Gasteiger partial charge on any atom is -1.00 e. The Morgan fingerprint density at radius 1 is 0.800 bits per heavy atom. The van der Waals surface area contributed by atoms with E-state index >= 15 is 0 Å². The second kappa shape index (κ2) is 25.8. The quantitative estimate of drug-likeness (QED) is 0.264. The molecule has 144 valence electrons. The number of carboxylic acid groups (broad SMARTS) is 2. The van der Waals surface area contributed by atoms with Gasteiger partial charge in [0.2, 0.25) is 0 Å². The Hall–Kier alpha value is -0.390. The fraction of sp³-hybridized carbons (Fsp3) is 0.842. The topological polar surface area (TPSA) is 87.0 Å². The van der Waals surface area contributed by atoms with Crippen LogP contribution in [0.25, 0.3) is 0 Å². The predicted molar refractivity (Wildman–Crippen MR) is 101 cm³/mol. The Kier molecular flexibility index (Phi) is 30.4. The molecule has 2 N–H and O–H groups in total. The molecule has 0 radical (unpaired) electrons. The van der Waals surface area contributed by atoms with Crippen LogP contribution in [0.1, 0.15) is 98.7 Å². The van der Waals surface area contributed by atoms with Crippen LogP contribution in [-0.2, 0) is 9.59 Å². The monoisotopic (exact) mass is 367 g/mol. The number of aliphatic imine (C=N–C) groups is 1. The third kappa shape index (κ3) is 35.6. The third-order valence-electron chi connectivity index (χ3n) is 3.59. The van der Waals surface area contributed by atoms with E-state index in [-0.39, 0.29) is 43.8 Å². The van der Waals surface area contributed by atoms with Crippen LogP contribution >= 0.6 is 0 Å². The van der Waals surface area contributed by atoms with Crippen molar-refractivity contribution in [3.63, 3.8) is 0 Å². The van der Waals surface area contributed by atoms with Crippen LogP contribution in [0.2, 0.25) is 0 Å². The SMILES string of the molecule is CCC(=O)O.CCCCCCCCCCCCCN=CCC(=O)O.[H-].[Na+]. The van der Waals surface area contributed by atoms with Crippen molar-refractivity contribution in [2.45, 2.75) is 97.3 Å². The Morgan fingerprint density at radius 3 is 1.56 bits per heavy atom. The minimum atomic E-state index is -0.803. The van der Waals surface area contributed by atoms with Gasteiger partial charge < -0.3 is 11.6 Å². The standard InChI is InChI=1S/C16H31NO2.C3H6O2.Na.H/c1-2-3-4-5-6-7-8-9-10-11-12-14-17-15-13-16(18)19;1-2-3(4)5;;/h15H,2-14H2,1H3,(H,18,19);2H2,1H3,(H,4,5);;/q;;+1;-1. The molecule has 0 aliphatic carbocycles. The first-order valence-corrected chi connectivity index (χ1v) is 9.46. The summed E-state index contributed by atoms with van der Waals surface area (Å²) in [6.45, 7) is 4.64. The molecule has 0 spiro atoms. The number of unbranched alkanes of at least 4 members (excludes halogenated alkanes) is 10. The predicted octanol–water partition coefficient (Wildman–Crippen LogP) is 2.44. The molecule has 0 aromatic heterocycles. The summed E-state index contributed by atoms with van der Waals surface area (Å²) in [5, 5.41) is 16.1. The van der Waals surface area contributed by atoms with Crippen molar-refractivity contribution in [3.8, 4) is 0 Å². The summed E-state index contributed by atoms with van der Waals surface area (Å²) < 4.78 is 0. The van der Waals surface area contributed by atoms with Crippen molar-refractivity contribution < 1.29 is 50.8 Å². The summed E-state index contributed by atoms with van der Waals surface area (Å²) in [4.78, 5) is 23.7. The number of rotatable bonds is 15. The van der Waals surface area contributed by atoms with Crippen LogP contribution in [-0.4, -0.2) is 34.9 Å². The zero-order chi connectivity index (χ0) is 18.5. The van der Waals surface area contributed by atoms with Gasteiger partial charge in [-0.2, -0.15) is 0 Å². The molecule has 25 heavy (non-hydrogen) atoms. The molecule has 5 nitrogen and oxygen atoms in total. The fourth-order valence-corrected chi connectivity index (χ4v) is 2.10. The summed E-state index contributed by atoms with van der Waals surface area (Å²) in [6.07, 6.45) is 16.4. The summed E-state index contributed by atoms with van der Waals surface area (Å²) in [5.41, 5.74) is 0. The largest absolute Gasteiger partial charge is 1.00 e. The van der Waals surface area contributed by atoms with Crippen molar-refractivity contribution in [3.05, 3.63) is 0 Å². The second-order valence-corrected chi connectivity index (χ2v) is 5.97. The molecular weight excluding hydrogens is 329 g/mol. The van der Waals surface area contributed by atoms with Crippen molar-refractivity contribution in [2.75, 3.05) is 6.54 Å². The maximum absolute atomic E-state index is 10.2. The van der Waals surface area contributed by atoms with E-state index < -0.39 is 11.9 Å². The van der Waals surface area contributed by atoms with Gasteiger partial charge in [-0.25, -0.2) is 0 Å². The van der Waals surface area contributed by atoms with Crippen LogP contribution in [0.15, 0.2) is 4.99 Å². The minimum absolute atomic E-state index is 0. The smallest absolute Gasteiger partial charge is 1.00 e. The Bertz CT molecular complexity index is 329. The molecular formula is C19H38NNaO4. The Morgan fingerprint density at radius 2 is 1.20 bits per heavy atom. The van der Waals surface area contributed by atoms with E-state index in [9.17, 15) is 9.59 Å². The Labute approximate surface area is 177 Å². The molecule has 0 bridgehead atoms. The number of hydrogen-bond donors (Lipinski definition) is 2. The van der Waals surface area contributed by atoms with Gasteiger partial charge in [-0.1, -0.05) is 78.1 Å². The fourth-order valence-electron chi connectivity index (χ4n) is 2.10. The van der Waals surface area contributed by atoms with Gasteiger partial charge in [-0.3, -0.25) is 14.6 Å².